The molecule has 0 saturated carbocycles. The third-order valence-electron chi connectivity index (χ3n) is 4.87. The fourth-order valence-electron chi connectivity index (χ4n) is 3.40. The Kier molecular flexibility index (Phi) is 4.03. The van der Waals surface area contributed by atoms with Crippen molar-refractivity contribution in [2.45, 2.75) is 6.92 Å². The highest BCUT2D eigenvalue weighted by Gasteiger charge is 2.22. The standard InChI is InChI=1S/C21H15ClN6O/c1-13-19(14-2-6-16(7-3-14)27-11-24-25-12-27)20-18(10-23-13)21(29)28(26-20)17-8-4-15(22)5-9-17/h2-12,23H,1H3. The number of aryl methyl sites for hydroxylation is 1. The van der Waals surface area contributed by atoms with Crippen LogP contribution in [-0.2, 0) is 0 Å². The van der Waals surface area contributed by atoms with E-state index in [0.29, 0.717) is 22.0 Å². The summed E-state index contributed by atoms with van der Waals surface area (Å²) >= 11 is 5.97. The van der Waals surface area contributed by atoms with Crippen LogP contribution in [0.2, 0.25) is 5.02 Å². The Morgan fingerprint density at radius 3 is 2.28 bits per heavy atom. The smallest absolute Gasteiger partial charge is 0.282 e. The number of nitrogens with one attached hydrogen (secondary N) is 1. The molecule has 0 spiro atoms. The fourth-order valence-corrected chi connectivity index (χ4v) is 3.53. The van der Waals surface area contributed by atoms with Crippen molar-refractivity contribution in [1.82, 2.24) is 29.5 Å². The van der Waals surface area contributed by atoms with Crippen molar-refractivity contribution in [2.24, 2.45) is 0 Å². The van der Waals surface area contributed by atoms with E-state index in [0.717, 1.165) is 22.5 Å². The molecule has 0 atom stereocenters. The normalized spacial score (nSPS) is 11.2. The van der Waals surface area contributed by atoms with Crippen LogP contribution < -0.4 is 5.56 Å². The van der Waals surface area contributed by atoms with E-state index >= 15 is 0 Å². The zero-order valence-electron chi connectivity index (χ0n) is 15.4. The number of pyridine rings is 1. The van der Waals surface area contributed by atoms with Crippen LogP contribution in [0.5, 0.6) is 0 Å². The summed E-state index contributed by atoms with van der Waals surface area (Å²) in [6.07, 6.45) is 5.00. The predicted molar refractivity (Wildman–Crippen MR) is 111 cm³/mol. The van der Waals surface area contributed by atoms with E-state index < -0.39 is 0 Å². The average molecular weight is 403 g/mol. The van der Waals surface area contributed by atoms with E-state index in [1.807, 2.05) is 35.8 Å². The van der Waals surface area contributed by atoms with E-state index in [1.54, 1.807) is 43.1 Å². The minimum Gasteiger partial charge on any atom is -0.364 e. The number of benzene rings is 2. The van der Waals surface area contributed by atoms with Gasteiger partial charge in [0.1, 0.15) is 18.3 Å². The van der Waals surface area contributed by atoms with Crippen molar-refractivity contribution in [3.8, 4) is 33.8 Å². The van der Waals surface area contributed by atoms with Gasteiger partial charge in [-0.2, -0.15) is 9.78 Å². The lowest BCUT2D eigenvalue weighted by atomic mass is 9.98. The van der Waals surface area contributed by atoms with Gasteiger partial charge >= 0.3 is 0 Å². The van der Waals surface area contributed by atoms with Crippen LogP contribution in [0.15, 0.2) is 72.2 Å². The highest BCUT2D eigenvalue weighted by atomic mass is 35.5. The molecule has 142 valence electrons. The summed E-state index contributed by atoms with van der Waals surface area (Å²) in [7, 11) is 0. The molecular formula is C21H15ClN6O. The van der Waals surface area contributed by atoms with Gasteiger partial charge in [-0.05, 0) is 48.9 Å². The molecule has 0 amide bonds. The van der Waals surface area contributed by atoms with Crippen LogP contribution >= 0.6 is 11.6 Å². The first-order valence-corrected chi connectivity index (χ1v) is 9.32. The van der Waals surface area contributed by atoms with Crippen LogP contribution in [0.25, 0.3) is 33.8 Å². The number of rotatable bonds is 3. The topological polar surface area (TPSA) is 81.4 Å². The highest BCUT2D eigenvalue weighted by molar-refractivity contribution is 6.30. The highest BCUT2D eigenvalue weighted by Crippen LogP contribution is 2.33. The van der Waals surface area contributed by atoms with Gasteiger partial charge in [0.2, 0.25) is 0 Å². The summed E-state index contributed by atoms with van der Waals surface area (Å²) in [4.78, 5) is 16.1. The van der Waals surface area contributed by atoms with Gasteiger partial charge in [0.05, 0.1) is 11.3 Å². The summed E-state index contributed by atoms with van der Waals surface area (Å²) in [5.74, 6) is 0. The molecule has 2 aliphatic rings. The molecule has 0 radical (unpaired) electrons. The molecule has 0 bridgehead atoms. The Hall–Kier alpha value is -3.71. The Morgan fingerprint density at radius 2 is 1.59 bits per heavy atom. The van der Waals surface area contributed by atoms with E-state index in [-0.39, 0.29) is 5.56 Å². The first-order valence-electron chi connectivity index (χ1n) is 8.94. The lowest BCUT2D eigenvalue weighted by Gasteiger charge is -2.11. The van der Waals surface area contributed by atoms with Gasteiger partial charge < -0.3 is 4.98 Å². The summed E-state index contributed by atoms with van der Waals surface area (Å²) < 4.78 is 3.23. The maximum Gasteiger partial charge on any atom is 0.282 e. The number of aromatic nitrogens is 6. The average Bonchev–Trinajstić information content (AvgIpc) is 3.38. The van der Waals surface area contributed by atoms with Crippen molar-refractivity contribution in [1.29, 1.82) is 0 Å². The van der Waals surface area contributed by atoms with Gasteiger partial charge in [0.25, 0.3) is 5.56 Å². The monoisotopic (exact) mass is 402 g/mol. The summed E-state index contributed by atoms with van der Waals surface area (Å²) in [6, 6.07) is 15.0. The summed E-state index contributed by atoms with van der Waals surface area (Å²) in [5, 5.41) is 12.9. The number of nitrogens with zero attached hydrogens (tertiary/aromatic N) is 5. The molecule has 0 unspecified atom stereocenters. The number of aromatic amines is 1. The minimum atomic E-state index is -0.180. The Bertz CT molecular complexity index is 1320. The third-order valence-corrected chi connectivity index (χ3v) is 5.12. The molecule has 8 heteroatoms. The first kappa shape index (κ1) is 17.4. The Balaban J connectivity index is 1.66. The van der Waals surface area contributed by atoms with Gasteiger partial charge in [-0.3, -0.25) is 9.36 Å². The second-order valence-corrected chi connectivity index (χ2v) is 7.10. The molecule has 7 nitrogen and oxygen atoms in total. The molecule has 2 aliphatic heterocycles. The number of halogens is 1. The lowest BCUT2D eigenvalue weighted by molar-refractivity contribution is 0.858. The van der Waals surface area contributed by atoms with Gasteiger partial charge in [0, 0.05) is 28.2 Å². The van der Waals surface area contributed by atoms with Gasteiger partial charge in [-0.15, -0.1) is 10.2 Å². The molecule has 0 aliphatic carbocycles. The molecule has 1 N–H and O–H groups in total. The molecule has 0 saturated heterocycles. The first-order chi connectivity index (χ1) is 14.1. The van der Waals surface area contributed by atoms with Crippen LogP contribution in [-0.4, -0.2) is 29.5 Å². The fraction of sp³-hybridized carbons (Fsp3) is 0.0476. The van der Waals surface area contributed by atoms with Gasteiger partial charge in [0.15, 0.2) is 0 Å². The van der Waals surface area contributed by atoms with E-state index in [9.17, 15) is 4.79 Å². The minimum absolute atomic E-state index is 0.180. The number of hydrogen-bond donors (Lipinski definition) is 1. The molecule has 1 aromatic heterocycles. The summed E-state index contributed by atoms with van der Waals surface area (Å²) in [5.41, 5.74) is 5.40. The number of hydrogen-bond acceptors (Lipinski definition) is 4. The van der Waals surface area contributed by atoms with Gasteiger partial charge in [-0.1, -0.05) is 23.7 Å². The third kappa shape index (κ3) is 2.92. The van der Waals surface area contributed by atoms with E-state index in [2.05, 4.69) is 20.3 Å². The Morgan fingerprint density at radius 1 is 0.931 bits per heavy atom. The summed E-state index contributed by atoms with van der Waals surface area (Å²) in [6.45, 7) is 1.97. The van der Waals surface area contributed by atoms with E-state index in [1.165, 1.54) is 4.68 Å². The zero-order valence-corrected chi connectivity index (χ0v) is 16.1. The number of H-pyrrole nitrogens is 1. The SMILES string of the molecule is Cc1[nH]cc2c(=O)n(-c3ccc(Cl)cc3)nc-2c1-c1ccc(-n2cnnc2)cc1. The molecular weight excluding hydrogens is 388 g/mol. The zero-order chi connectivity index (χ0) is 20.0. The van der Waals surface area contributed by atoms with Crippen LogP contribution in [0.3, 0.4) is 0 Å². The van der Waals surface area contributed by atoms with Crippen LogP contribution in [0, 0.1) is 6.92 Å². The lowest BCUT2D eigenvalue weighted by Crippen LogP contribution is -2.14. The largest absolute Gasteiger partial charge is 0.364 e. The van der Waals surface area contributed by atoms with E-state index in [4.69, 9.17) is 11.6 Å². The van der Waals surface area contributed by atoms with Crippen molar-refractivity contribution < 1.29 is 0 Å². The van der Waals surface area contributed by atoms with Crippen molar-refractivity contribution >= 4 is 11.6 Å². The van der Waals surface area contributed by atoms with Crippen molar-refractivity contribution in [3.05, 3.63) is 88.5 Å². The number of fused-ring (bicyclic) bond motifs is 1. The quantitative estimate of drug-likeness (QED) is 0.496. The Labute approximate surface area is 170 Å². The molecule has 5 rings (SSSR count). The van der Waals surface area contributed by atoms with Crippen LogP contribution in [0.4, 0.5) is 0 Å². The second kappa shape index (κ2) is 6.72. The van der Waals surface area contributed by atoms with Crippen molar-refractivity contribution in [2.75, 3.05) is 0 Å². The predicted octanol–water partition coefficient (Wildman–Crippen LogP) is 3.87. The van der Waals surface area contributed by atoms with Crippen molar-refractivity contribution in [3.63, 3.8) is 0 Å². The molecule has 2 aromatic carbocycles. The second-order valence-electron chi connectivity index (χ2n) is 6.66. The van der Waals surface area contributed by atoms with Gasteiger partial charge in [-0.25, -0.2) is 0 Å². The molecule has 29 heavy (non-hydrogen) atoms. The molecule has 0 fully saturated rings. The maximum absolute atomic E-state index is 12.9. The molecule has 3 heterocycles. The maximum atomic E-state index is 12.9. The van der Waals surface area contributed by atoms with Crippen LogP contribution in [0.1, 0.15) is 5.69 Å². The molecule has 3 aromatic rings.